The second-order valence-corrected chi connectivity index (χ2v) is 11.6. The van der Waals surface area contributed by atoms with E-state index in [0.717, 1.165) is 44.1 Å². The number of ether oxygens (including phenoxy) is 4. The van der Waals surface area contributed by atoms with Crippen LogP contribution in [0.25, 0.3) is 0 Å². The number of phenolic OH excluding ortho intramolecular Hbond substituents is 1. The molecule has 0 bridgehead atoms. The Hall–Kier alpha value is -1.84. The summed E-state index contributed by atoms with van der Waals surface area (Å²) in [6.45, 7) is 2.78. The molecule has 0 radical (unpaired) electrons. The predicted octanol–water partition coefficient (Wildman–Crippen LogP) is 0.342. The van der Waals surface area contributed by atoms with Crippen molar-refractivity contribution in [2.75, 3.05) is 13.2 Å². The van der Waals surface area contributed by atoms with Crippen molar-refractivity contribution in [3.63, 3.8) is 0 Å². The standard InChI is InChI=1S/C30H46O12/c1-3-4-5-8-16-11-18(33)22(17-9-6-7-15(2)10-17)19(12-16)39-30-27(38)28(24(35)21(14-32)41-30)42-29-26(37)25(36)23(34)20(13-31)40-29/h10-12,17,20-21,23-38H,3-9,13-14H2,1-2H3/t17-,20+,21+,23+,24+,25-,26+,27+,28-,29-,30+/m0/s1. The average molecular weight is 599 g/mol. The van der Waals surface area contributed by atoms with Crippen LogP contribution in [0.5, 0.6) is 11.5 Å². The fourth-order valence-corrected chi connectivity index (χ4v) is 5.97. The molecule has 2 heterocycles. The van der Waals surface area contributed by atoms with Crippen molar-refractivity contribution in [3.8, 4) is 11.5 Å². The van der Waals surface area contributed by atoms with E-state index in [1.165, 1.54) is 5.57 Å². The Morgan fingerprint density at radius 1 is 0.857 bits per heavy atom. The van der Waals surface area contributed by atoms with Gasteiger partial charge in [0.25, 0.3) is 0 Å². The second kappa shape index (κ2) is 14.8. The molecule has 1 aromatic carbocycles. The summed E-state index contributed by atoms with van der Waals surface area (Å²) < 4.78 is 23.1. The molecule has 2 aliphatic heterocycles. The lowest BCUT2D eigenvalue weighted by atomic mass is 9.84. The molecule has 2 fully saturated rings. The zero-order chi connectivity index (χ0) is 30.6. The topological polar surface area (TPSA) is 199 Å². The minimum atomic E-state index is -1.78. The number of aliphatic hydroxyl groups is 7. The minimum Gasteiger partial charge on any atom is -0.507 e. The third-order valence-corrected chi connectivity index (χ3v) is 8.40. The van der Waals surface area contributed by atoms with Gasteiger partial charge in [0.2, 0.25) is 6.29 Å². The Bertz CT molecular complexity index is 1050. The van der Waals surface area contributed by atoms with Gasteiger partial charge < -0.3 is 59.8 Å². The second-order valence-electron chi connectivity index (χ2n) is 11.6. The summed E-state index contributed by atoms with van der Waals surface area (Å²) in [5.74, 6) is 0.217. The van der Waals surface area contributed by atoms with Crippen molar-refractivity contribution in [3.05, 3.63) is 34.9 Å². The summed E-state index contributed by atoms with van der Waals surface area (Å²) in [7, 11) is 0. The summed E-state index contributed by atoms with van der Waals surface area (Å²) in [6.07, 6.45) is -7.19. The van der Waals surface area contributed by atoms with Crippen LogP contribution in [-0.2, 0) is 20.6 Å². The number of unbranched alkanes of at least 4 members (excludes halogenated alkanes) is 2. The number of aryl methyl sites for hydroxylation is 1. The van der Waals surface area contributed by atoms with Crippen LogP contribution in [0, 0.1) is 0 Å². The monoisotopic (exact) mass is 598 g/mol. The molecule has 0 spiro atoms. The third-order valence-electron chi connectivity index (χ3n) is 8.40. The Morgan fingerprint density at radius 2 is 1.55 bits per heavy atom. The number of phenols is 1. The number of aliphatic hydroxyl groups excluding tert-OH is 7. The predicted molar refractivity (Wildman–Crippen MR) is 149 cm³/mol. The van der Waals surface area contributed by atoms with E-state index in [2.05, 4.69) is 13.0 Å². The highest BCUT2D eigenvalue weighted by atomic mass is 16.7. The normalized spacial score (nSPS) is 37.4. The lowest BCUT2D eigenvalue weighted by Crippen LogP contribution is -2.65. The zero-order valence-corrected chi connectivity index (χ0v) is 24.2. The quantitative estimate of drug-likeness (QED) is 0.129. The van der Waals surface area contributed by atoms with E-state index in [0.29, 0.717) is 17.7 Å². The van der Waals surface area contributed by atoms with Crippen LogP contribution in [0.1, 0.15) is 69.4 Å². The highest BCUT2D eigenvalue weighted by molar-refractivity contribution is 5.51. The van der Waals surface area contributed by atoms with Gasteiger partial charge in [0.1, 0.15) is 60.3 Å². The molecule has 1 aliphatic carbocycles. The van der Waals surface area contributed by atoms with Gasteiger partial charge in [-0.2, -0.15) is 0 Å². The van der Waals surface area contributed by atoms with Crippen molar-refractivity contribution in [2.45, 2.75) is 126 Å². The largest absolute Gasteiger partial charge is 0.507 e. The lowest BCUT2D eigenvalue weighted by Gasteiger charge is -2.46. The van der Waals surface area contributed by atoms with E-state index in [1.807, 2.05) is 13.0 Å². The van der Waals surface area contributed by atoms with Gasteiger partial charge in [-0.3, -0.25) is 0 Å². The van der Waals surface area contributed by atoms with E-state index in [1.54, 1.807) is 6.07 Å². The van der Waals surface area contributed by atoms with Crippen molar-refractivity contribution < 1.29 is 59.8 Å². The number of hydrogen-bond acceptors (Lipinski definition) is 12. The number of hydrogen-bond donors (Lipinski definition) is 8. The molecule has 0 unspecified atom stereocenters. The lowest BCUT2D eigenvalue weighted by molar-refractivity contribution is -0.352. The highest BCUT2D eigenvalue weighted by Gasteiger charge is 2.51. The summed E-state index contributed by atoms with van der Waals surface area (Å²) in [5.41, 5.74) is 2.57. The molecule has 11 atom stereocenters. The maximum atomic E-state index is 11.3. The van der Waals surface area contributed by atoms with Crippen LogP contribution < -0.4 is 4.74 Å². The Balaban J connectivity index is 1.63. The van der Waals surface area contributed by atoms with Crippen molar-refractivity contribution >= 4 is 0 Å². The van der Waals surface area contributed by atoms with Gasteiger partial charge in [0.15, 0.2) is 6.29 Å². The number of rotatable bonds is 11. The van der Waals surface area contributed by atoms with Gasteiger partial charge in [-0.05, 0) is 56.7 Å². The van der Waals surface area contributed by atoms with Gasteiger partial charge in [0.05, 0.1) is 13.2 Å². The van der Waals surface area contributed by atoms with E-state index in [4.69, 9.17) is 18.9 Å². The van der Waals surface area contributed by atoms with Crippen molar-refractivity contribution in [1.29, 1.82) is 0 Å². The minimum absolute atomic E-state index is 0.0631. The molecule has 3 aliphatic rings. The van der Waals surface area contributed by atoms with E-state index < -0.39 is 74.6 Å². The average Bonchev–Trinajstić information content (AvgIpc) is 2.96. The van der Waals surface area contributed by atoms with Gasteiger partial charge >= 0.3 is 0 Å². The first-order chi connectivity index (χ1) is 20.1. The molecule has 8 N–H and O–H groups in total. The van der Waals surface area contributed by atoms with E-state index in [9.17, 15) is 40.9 Å². The molecule has 12 heteroatoms. The van der Waals surface area contributed by atoms with Gasteiger partial charge in [-0.25, -0.2) is 0 Å². The van der Waals surface area contributed by atoms with Crippen molar-refractivity contribution in [2.24, 2.45) is 0 Å². The molecule has 0 amide bonds. The number of allylic oxidation sites excluding steroid dienone is 2. The fourth-order valence-electron chi connectivity index (χ4n) is 5.97. The maximum absolute atomic E-state index is 11.3. The molecule has 2 saturated heterocycles. The number of benzene rings is 1. The summed E-state index contributed by atoms with van der Waals surface area (Å²) in [5, 5.41) is 83.5. The smallest absolute Gasteiger partial charge is 0.229 e. The Kier molecular flexibility index (Phi) is 11.6. The van der Waals surface area contributed by atoms with Gasteiger partial charge in [-0.15, -0.1) is 0 Å². The van der Waals surface area contributed by atoms with E-state index >= 15 is 0 Å². The molecule has 42 heavy (non-hydrogen) atoms. The molecule has 0 saturated carbocycles. The third kappa shape index (κ3) is 7.27. The van der Waals surface area contributed by atoms with Crippen LogP contribution in [-0.4, -0.2) is 115 Å². The van der Waals surface area contributed by atoms with Gasteiger partial charge in [-0.1, -0.05) is 31.4 Å². The van der Waals surface area contributed by atoms with Crippen LogP contribution in [0.4, 0.5) is 0 Å². The molecule has 0 aromatic heterocycles. The molecule has 4 rings (SSSR count). The summed E-state index contributed by atoms with van der Waals surface area (Å²) in [6, 6.07) is 3.55. The first-order valence-corrected chi connectivity index (χ1v) is 14.9. The Morgan fingerprint density at radius 3 is 2.21 bits per heavy atom. The molecule has 12 nitrogen and oxygen atoms in total. The highest BCUT2D eigenvalue weighted by Crippen LogP contribution is 2.43. The van der Waals surface area contributed by atoms with E-state index in [-0.39, 0.29) is 11.7 Å². The molecule has 238 valence electrons. The zero-order valence-electron chi connectivity index (χ0n) is 24.2. The first-order valence-electron chi connectivity index (χ1n) is 14.9. The van der Waals surface area contributed by atoms with Crippen LogP contribution in [0.15, 0.2) is 23.8 Å². The van der Waals surface area contributed by atoms with Gasteiger partial charge in [0, 0.05) is 11.5 Å². The van der Waals surface area contributed by atoms with Crippen LogP contribution in [0.2, 0.25) is 0 Å². The number of aromatic hydroxyl groups is 1. The van der Waals surface area contributed by atoms with Crippen LogP contribution >= 0.6 is 0 Å². The summed E-state index contributed by atoms with van der Waals surface area (Å²) in [4.78, 5) is 0. The summed E-state index contributed by atoms with van der Waals surface area (Å²) >= 11 is 0. The van der Waals surface area contributed by atoms with Crippen LogP contribution in [0.3, 0.4) is 0 Å². The first kappa shape index (κ1) is 33.1. The fraction of sp³-hybridized carbons (Fsp3) is 0.733. The maximum Gasteiger partial charge on any atom is 0.229 e. The molecular formula is C30H46O12. The molecule has 1 aromatic rings. The SMILES string of the molecule is CCCCCc1cc(O)c([C@@H]2C=C(C)CCC2)c(O[C@@H]2O[C@H](CO)[C@@H](O)[C@H](O[C@@H]3O[C@H](CO)[C@@H](O)[C@H](O)[C@H]3O)[C@H]2O)c1. The van der Waals surface area contributed by atoms with Crippen molar-refractivity contribution in [1.82, 2.24) is 0 Å². The molecular weight excluding hydrogens is 552 g/mol. The Labute approximate surface area is 245 Å².